The molecule has 1 aromatic carbocycles. The molecule has 1 unspecified atom stereocenters. The lowest BCUT2D eigenvalue weighted by atomic mass is 9.95. The van der Waals surface area contributed by atoms with E-state index < -0.39 is 0 Å². The molecule has 0 bridgehead atoms. The van der Waals surface area contributed by atoms with Gasteiger partial charge in [-0.1, -0.05) is 6.92 Å². The molecule has 5 heteroatoms. The number of halogens is 3. The van der Waals surface area contributed by atoms with E-state index in [1.54, 1.807) is 23.5 Å². The van der Waals surface area contributed by atoms with Gasteiger partial charge in [0.2, 0.25) is 0 Å². The Labute approximate surface area is 139 Å². The minimum absolute atomic E-state index is 0.0909. The van der Waals surface area contributed by atoms with Crippen LogP contribution in [0.5, 0.6) is 0 Å². The first kappa shape index (κ1) is 16.1. The second kappa shape index (κ2) is 6.69. The van der Waals surface area contributed by atoms with Gasteiger partial charge in [-0.2, -0.15) is 0 Å². The Morgan fingerprint density at radius 2 is 1.80 bits per heavy atom. The highest BCUT2D eigenvalue weighted by molar-refractivity contribution is 9.13. The maximum Gasteiger partial charge on any atom is 0.123 e. The summed E-state index contributed by atoms with van der Waals surface area (Å²) in [5.74, 6) is -0.174. The van der Waals surface area contributed by atoms with Crippen LogP contribution in [0.15, 0.2) is 26.5 Å². The van der Waals surface area contributed by atoms with Crippen LogP contribution in [0, 0.1) is 19.7 Å². The van der Waals surface area contributed by atoms with Gasteiger partial charge in [-0.25, -0.2) is 4.39 Å². The van der Waals surface area contributed by atoms with Crippen LogP contribution in [0.25, 0.3) is 0 Å². The third-order valence-electron chi connectivity index (χ3n) is 3.20. The predicted octanol–water partition coefficient (Wildman–Crippen LogP) is 5.73. The molecule has 108 valence electrons. The number of thiophene rings is 1. The second-order valence-corrected chi connectivity index (χ2v) is 7.97. The van der Waals surface area contributed by atoms with Crippen LogP contribution in [0.3, 0.4) is 0 Å². The molecule has 1 N–H and O–H groups in total. The lowest BCUT2D eigenvalue weighted by molar-refractivity contribution is 0.610. The molecule has 0 fully saturated rings. The van der Waals surface area contributed by atoms with Gasteiger partial charge in [0.25, 0.3) is 0 Å². The molecule has 0 radical (unpaired) electrons. The number of nitrogens with one attached hydrogen (secondary N) is 1. The van der Waals surface area contributed by atoms with Gasteiger partial charge in [-0.3, -0.25) is 0 Å². The fourth-order valence-electron chi connectivity index (χ4n) is 2.43. The third kappa shape index (κ3) is 3.32. The average molecular weight is 421 g/mol. The molecule has 0 saturated carbocycles. The monoisotopic (exact) mass is 419 g/mol. The Morgan fingerprint density at radius 3 is 2.25 bits per heavy atom. The van der Waals surface area contributed by atoms with Crippen molar-refractivity contribution in [3.8, 4) is 0 Å². The smallest absolute Gasteiger partial charge is 0.123 e. The van der Waals surface area contributed by atoms with Crippen LogP contribution in [0.1, 0.15) is 34.5 Å². The van der Waals surface area contributed by atoms with Crippen molar-refractivity contribution in [2.75, 3.05) is 6.54 Å². The van der Waals surface area contributed by atoms with Crippen LogP contribution in [-0.4, -0.2) is 6.54 Å². The quantitative estimate of drug-likeness (QED) is 0.665. The van der Waals surface area contributed by atoms with Crippen LogP contribution in [0.2, 0.25) is 0 Å². The molecule has 1 heterocycles. The van der Waals surface area contributed by atoms with Gasteiger partial charge in [-0.15, -0.1) is 11.3 Å². The van der Waals surface area contributed by atoms with Crippen LogP contribution in [-0.2, 0) is 0 Å². The van der Waals surface area contributed by atoms with E-state index in [1.807, 2.05) is 13.8 Å². The molecule has 2 aromatic rings. The topological polar surface area (TPSA) is 12.0 Å². The van der Waals surface area contributed by atoms with Gasteiger partial charge in [0.1, 0.15) is 5.82 Å². The van der Waals surface area contributed by atoms with Crippen molar-refractivity contribution in [2.45, 2.75) is 26.8 Å². The lowest BCUT2D eigenvalue weighted by Gasteiger charge is -2.21. The van der Waals surface area contributed by atoms with Crippen molar-refractivity contribution in [3.05, 3.63) is 53.8 Å². The molecular formula is C15H16Br2FNS. The van der Waals surface area contributed by atoms with Gasteiger partial charge in [0, 0.05) is 9.35 Å². The third-order valence-corrected chi connectivity index (χ3v) is 6.53. The number of benzene rings is 1. The molecule has 1 aromatic heterocycles. The van der Waals surface area contributed by atoms with Crippen molar-refractivity contribution < 1.29 is 4.39 Å². The predicted molar refractivity (Wildman–Crippen MR) is 91.1 cm³/mol. The molecule has 2 rings (SSSR count). The van der Waals surface area contributed by atoms with E-state index in [4.69, 9.17) is 0 Å². The van der Waals surface area contributed by atoms with Crippen molar-refractivity contribution in [2.24, 2.45) is 0 Å². The second-order valence-electron chi connectivity index (χ2n) is 4.71. The number of rotatable bonds is 4. The lowest BCUT2D eigenvalue weighted by Crippen LogP contribution is -2.23. The van der Waals surface area contributed by atoms with Gasteiger partial charge >= 0.3 is 0 Å². The summed E-state index contributed by atoms with van der Waals surface area (Å²) in [6.07, 6.45) is 0. The first-order chi connectivity index (χ1) is 9.43. The van der Waals surface area contributed by atoms with E-state index in [1.165, 1.54) is 4.88 Å². The summed E-state index contributed by atoms with van der Waals surface area (Å²) < 4.78 is 15.6. The maximum atomic E-state index is 13.5. The van der Waals surface area contributed by atoms with E-state index in [0.717, 1.165) is 31.5 Å². The van der Waals surface area contributed by atoms with E-state index in [2.05, 4.69) is 50.2 Å². The largest absolute Gasteiger partial charge is 0.306 e. The molecule has 0 aliphatic rings. The average Bonchev–Trinajstić information content (AvgIpc) is 2.67. The summed E-state index contributed by atoms with van der Waals surface area (Å²) in [6.45, 7) is 6.87. The molecule has 0 amide bonds. The SMILES string of the molecule is CCNC(c1cc(Br)c(Br)s1)c1c(C)cc(F)cc1C. The van der Waals surface area contributed by atoms with Gasteiger partial charge < -0.3 is 5.32 Å². The number of aryl methyl sites for hydroxylation is 2. The van der Waals surface area contributed by atoms with Crippen LogP contribution < -0.4 is 5.32 Å². The fourth-order valence-corrected chi connectivity index (χ4v) is 4.61. The normalized spacial score (nSPS) is 12.7. The highest BCUT2D eigenvalue weighted by atomic mass is 79.9. The first-order valence-corrected chi connectivity index (χ1v) is 8.79. The molecule has 1 atom stereocenters. The molecule has 20 heavy (non-hydrogen) atoms. The number of hydrogen-bond acceptors (Lipinski definition) is 2. The van der Waals surface area contributed by atoms with Crippen LogP contribution in [0.4, 0.5) is 4.39 Å². The Bertz CT molecular complexity index is 582. The molecule has 0 saturated heterocycles. The highest BCUT2D eigenvalue weighted by Gasteiger charge is 2.21. The summed E-state index contributed by atoms with van der Waals surface area (Å²) >= 11 is 8.77. The molecule has 1 nitrogen and oxygen atoms in total. The van der Waals surface area contributed by atoms with E-state index in [-0.39, 0.29) is 11.9 Å². The summed E-state index contributed by atoms with van der Waals surface area (Å²) in [4.78, 5) is 1.21. The standard InChI is InChI=1S/C15H16Br2FNS/c1-4-19-14(12-7-11(16)15(17)20-12)13-8(2)5-10(18)6-9(13)3/h5-7,14,19H,4H2,1-3H3. The minimum atomic E-state index is -0.174. The Kier molecular flexibility index (Phi) is 5.40. The van der Waals surface area contributed by atoms with E-state index >= 15 is 0 Å². The first-order valence-electron chi connectivity index (χ1n) is 6.38. The van der Waals surface area contributed by atoms with E-state index in [9.17, 15) is 4.39 Å². The zero-order valence-electron chi connectivity index (χ0n) is 11.6. The summed E-state index contributed by atoms with van der Waals surface area (Å²) in [6, 6.07) is 5.41. The fraction of sp³-hybridized carbons (Fsp3) is 0.333. The molecule has 0 spiro atoms. The summed E-state index contributed by atoms with van der Waals surface area (Å²) in [5.41, 5.74) is 3.12. The molecular weight excluding hydrogens is 405 g/mol. The Hall–Kier alpha value is -0.230. The van der Waals surface area contributed by atoms with Gasteiger partial charge in [-0.05, 0) is 87.1 Å². The van der Waals surface area contributed by atoms with Gasteiger partial charge in [0.15, 0.2) is 0 Å². The maximum absolute atomic E-state index is 13.5. The minimum Gasteiger partial charge on any atom is -0.306 e. The van der Waals surface area contributed by atoms with Crippen LogP contribution >= 0.6 is 43.2 Å². The molecule has 0 aliphatic carbocycles. The zero-order chi connectivity index (χ0) is 14.9. The van der Waals surface area contributed by atoms with Crippen molar-refractivity contribution in [1.82, 2.24) is 5.32 Å². The van der Waals surface area contributed by atoms with Crippen molar-refractivity contribution in [1.29, 1.82) is 0 Å². The van der Waals surface area contributed by atoms with Gasteiger partial charge in [0.05, 0.1) is 9.83 Å². The van der Waals surface area contributed by atoms with Crippen molar-refractivity contribution in [3.63, 3.8) is 0 Å². The summed E-state index contributed by atoms with van der Waals surface area (Å²) in [5, 5.41) is 3.50. The Balaban J connectivity index is 2.54. The number of hydrogen-bond donors (Lipinski definition) is 1. The summed E-state index contributed by atoms with van der Waals surface area (Å²) in [7, 11) is 0. The zero-order valence-corrected chi connectivity index (χ0v) is 15.5. The Morgan fingerprint density at radius 1 is 1.20 bits per heavy atom. The van der Waals surface area contributed by atoms with Crippen molar-refractivity contribution >= 4 is 43.2 Å². The van der Waals surface area contributed by atoms with E-state index in [0.29, 0.717) is 0 Å². The highest BCUT2D eigenvalue weighted by Crippen LogP contribution is 2.39. The molecule has 0 aliphatic heterocycles.